The summed E-state index contributed by atoms with van der Waals surface area (Å²) in [5.74, 6) is 0.522. The number of amides is 1. The van der Waals surface area contributed by atoms with E-state index in [0.717, 1.165) is 17.7 Å². The summed E-state index contributed by atoms with van der Waals surface area (Å²) in [6, 6.07) is 13.3. The summed E-state index contributed by atoms with van der Waals surface area (Å²) in [5, 5.41) is 3.04. The molecule has 1 amide bonds. The van der Waals surface area contributed by atoms with Crippen LogP contribution in [-0.4, -0.2) is 32.8 Å². The summed E-state index contributed by atoms with van der Waals surface area (Å²) in [7, 11) is 0. The van der Waals surface area contributed by atoms with E-state index in [-0.39, 0.29) is 23.7 Å². The minimum Gasteiger partial charge on any atom is -0.373 e. The molecule has 3 aromatic rings. The van der Waals surface area contributed by atoms with E-state index in [4.69, 9.17) is 4.74 Å². The maximum absolute atomic E-state index is 13.4. The summed E-state index contributed by atoms with van der Waals surface area (Å²) < 4.78 is 7.59. The highest BCUT2D eigenvalue weighted by Crippen LogP contribution is 2.28. The van der Waals surface area contributed by atoms with Gasteiger partial charge in [-0.05, 0) is 36.5 Å². The number of rotatable bonds is 9. The molecule has 1 aliphatic heterocycles. The number of fused-ring (bicyclic) bond motifs is 1. The lowest BCUT2D eigenvalue weighted by Crippen LogP contribution is -2.30. The van der Waals surface area contributed by atoms with E-state index in [1.165, 1.54) is 0 Å². The molecule has 1 N–H and O–H groups in total. The molecule has 33 heavy (non-hydrogen) atoms. The van der Waals surface area contributed by atoms with Crippen LogP contribution < -0.4 is 5.32 Å². The Morgan fingerprint density at radius 2 is 1.85 bits per heavy atom. The number of ketones is 1. The van der Waals surface area contributed by atoms with Crippen molar-refractivity contribution < 1.29 is 14.3 Å². The van der Waals surface area contributed by atoms with Crippen LogP contribution in [0.3, 0.4) is 0 Å². The fraction of sp³-hybridized carbons (Fsp3) is 0.385. The molecule has 172 valence electrons. The molecule has 0 unspecified atom stereocenters. The average Bonchev–Trinajstić information content (AvgIpc) is 3.26. The molecule has 7 nitrogen and oxygen atoms in total. The van der Waals surface area contributed by atoms with Gasteiger partial charge in [-0.3, -0.25) is 9.59 Å². The van der Waals surface area contributed by atoms with Gasteiger partial charge in [0.1, 0.15) is 5.82 Å². The van der Waals surface area contributed by atoms with Crippen LogP contribution in [0, 0.1) is 0 Å². The van der Waals surface area contributed by atoms with Crippen LogP contribution in [0.2, 0.25) is 0 Å². The Bertz CT molecular complexity index is 1010. The van der Waals surface area contributed by atoms with Gasteiger partial charge in [-0.2, -0.15) is 0 Å². The third kappa shape index (κ3) is 5.03. The van der Waals surface area contributed by atoms with Crippen LogP contribution in [0.25, 0.3) is 0 Å². The van der Waals surface area contributed by atoms with Crippen molar-refractivity contribution in [1.82, 2.24) is 19.9 Å². The Morgan fingerprint density at radius 1 is 1.09 bits per heavy atom. The topological polar surface area (TPSA) is 86.1 Å². The van der Waals surface area contributed by atoms with E-state index < -0.39 is 0 Å². The van der Waals surface area contributed by atoms with Crippen LogP contribution >= 0.6 is 0 Å². The minimum atomic E-state index is -0.305. The number of nitrogens with one attached hydrogen (secondary N) is 1. The molecule has 3 heterocycles. The first kappa shape index (κ1) is 22.9. The molecule has 1 aromatic carbocycles. The first-order chi connectivity index (χ1) is 16.1. The molecule has 1 aliphatic rings. The first-order valence-electron chi connectivity index (χ1n) is 11.6. The predicted octanol–water partition coefficient (Wildman–Crippen LogP) is 4.46. The van der Waals surface area contributed by atoms with Crippen molar-refractivity contribution in [2.45, 2.75) is 58.2 Å². The number of nitrogens with zero attached hydrogens (tertiary/aromatic N) is 3. The van der Waals surface area contributed by atoms with Crippen molar-refractivity contribution in [3.8, 4) is 0 Å². The number of hydrogen-bond donors (Lipinski definition) is 1. The maximum Gasteiger partial charge on any atom is 0.253 e. The van der Waals surface area contributed by atoms with Crippen molar-refractivity contribution in [2.75, 3.05) is 6.61 Å². The normalized spacial score (nSPS) is 14.8. The number of carbonyl (C=O) groups is 2. The molecule has 2 aromatic heterocycles. The zero-order valence-electron chi connectivity index (χ0n) is 19.2. The SMILES string of the molecule is CC[C@@H](CC(=O)c1cc(C(=O)N[C@@H](CC)c2ncccn2)c2n1CCOC2)c1ccccc1. The Kier molecular flexibility index (Phi) is 7.29. The van der Waals surface area contributed by atoms with Crippen molar-refractivity contribution >= 4 is 11.7 Å². The van der Waals surface area contributed by atoms with Gasteiger partial charge in [-0.25, -0.2) is 9.97 Å². The van der Waals surface area contributed by atoms with Crippen LogP contribution in [0.4, 0.5) is 0 Å². The third-order valence-corrected chi connectivity index (χ3v) is 6.24. The van der Waals surface area contributed by atoms with E-state index in [1.807, 2.05) is 29.7 Å². The van der Waals surface area contributed by atoms with E-state index in [1.54, 1.807) is 24.5 Å². The summed E-state index contributed by atoms with van der Waals surface area (Å²) in [6.07, 6.45) is 5.26. The van der Waals surface area contributed by atoms with E-state index in [2.05, 4.69) is 34.3 Å². The van der Waals surface area contributed by atoms with Crippen LogP contribution in [0.15, 0.2) is 54.9 Å². The third-order valence-electron chi connectivity index (χ3n) is 6.24. The van der Waals surface area contributed by atoms with Crippen LogP contribution in [0.1, 0.15) is 83.0 Å². The number of benzene rings is 1. The summed E-state index contributed by atoms with van der Waals surface area (Å²) >= 11 is 0. The van der Waals surface area contributed by atoms with Crippen molar-refractivity contribution in [3.05, 3.63) is 83.2 Å². The van der Waals surface area contributed by atoms with Crippen LogP contribution in [0.5, 0.6) is 0 Å². The molecular weight excluding hydrogens is 416 g/mol. The maximum atomic E-state index is 13.4. The van der Waals surface area contributed by atoms with Gasteiger partial charge >= 0.3 is 0 Å². The lowest BCUT2D eigenvalue weighted by atomic mass is 9.90. The van der Waals surface area contributed by atoms with Crippen molar-refractivity contribution in [1.29, 1.82) is 0 Å². The molecule has 2 atom stereocenters. The Labute approximate surface area is 194 Å². The highest BCUT2D eigenvalue weighted by Gasteiger charge is 2.28. The van der Waals surface area contributed by atoms with Gasteiger partial charge in [0.05, 0.1) is 36.2 Å². The Balaban J connectivity index is 1.58. The van der Waals surface area contributed by atoms with E-state index in [0.29, 0.717) is 49.7 Å². The van der Waals surface area contributed by atoms with Gasteiger partial charge in [0.2, 0.25) is 0 Å². The predicted molar refractivity (Wildman–Crippen MR) is 125 cm³/mol. The fourth-order valence-corrected chi connectivity index (χ4v) is 4.38. The monoisotopic (exact) mass is 446 g/mol. The fourth-order valence-electron chi connectivity index (χ4n) is 4.38. The molecule has 0 fully saturated rings. The van der Waals surface area contributed by atoms with Crippen molar-refractivity contribution in [2.24, 2.45) is 0 Å². The molecule has 7 heteroatoms. The second-order valence-corrected chi connectivity index (χ2v) is 8.28. The first-order valence-corrected chi connectivity index (χ1v) is 11.6. The van der Waals surface area contributed by atoms with Gasteiger partial charge in [0.15, 0.2) is 5.78 Å². The van der Waals surface area contributed by atoms with E-state index >= 15 is 0 Å². The largest absolute Gasteiger partial charge is 0.373 e. The quantitative estimate of drug-likeness (QED) is 0.491. The molecule has 0 spiro atoms. The Morgan fingerprint density at radius 3 is 2.55 bits per heavy atom. The van der Waals surface area contributed by atoms with Gasteiger partial charge in [0, 0.05) is 25.4 Å². The molecule has 0 saturated heterocycles. The molecule has 0 aliphatic carbocycles. The number of aromatic nitrogens is 3. The second-order valence-electron chi connectivity index (χ2n) is 8.28. The number of carbonyl (C=O) groups excluding carboxylic acids is 2. The lowest BCUT2D eigenvalue weighted by molar-refractivity contribution is 0.0780. The molecule has 0 radical (unpaired) electrons. The Hall–Kier alpha value is -3.32. The lowest BCUT2D eigenvalue weighted by Gasteiger charge is -2.21. The smallest absolute Gasteiger partial charge is 0.253 e. The van der Waals surface area contributed by atoms with Crippen LogP contribution in [-0.2, 0) is 17.9 Å². The minimum absolute atomic E-state index is 0.0475. The highest BCUT2D eigenvalue weighted by atomic mass is 16.5. The summed E-state index contributed by atoms with van der Waals surface area (Å²) in [6.45, 7) is 5.47. The van der Waals surface area contributed by atoms with Gasteiger partial charge < -0.3 is 14.6 Å². The standard InChI is InChI=1S/C26H30N4O3/c1-3-18(19-9-6-5-7-10-19)15-24(31)22-16-20(23-17-33-14-13-30(22)23)26(32)29-21(4-2)25-27-11-8-12-28-25/h5-12,16,18,21H,3-4,13-15,17H2,1-2H3,(H,29,32)/t18-,21-/m0/s1. The second kappa shape index (κ2) is 10.5. The average molecular weight is 447 g/mol. The highest BCUT2D eigenvalue weighted by molar-refractivity contribution is 6.01. The molecular formula is C26H30N4O3. The number of ether oxygens (including phenoxy) is 1. The zero-order chi connectivity index (χ0) is 23.2. The van der Waals surface area contributed by atoms with Gasteiger partial charge in [-0.1, -0.05) is 44.2 Å². The molecule has 4 rings (SSSR count). The van der Waals surface area contributed by atoms with Crippen molar-refractivity contribution in [3.63, 3.8) is 0 Å². The number of Topliss-reactive ketones (excluding diaryl/α,β-unsaturated/α-hetero) is 1. The van der Waals surface area contributed by atoms with Gasteiger partial charge in [-0.15, -0.1) is 0 Å². The number of hydrogen-bond acceptors (Lipinski definition) is 5. The summed E-state index contributed by atoms with van der Waals surface area (Å²) in [5.41, 5.74) is 2.98. The molecule has 0 saturated carbocycles. The molecule has 0 bridgehead atoms. The van der Waals surface area contributed by atoms with E-state index in [9.17, 15) is 9.59 Å². The summed E-state index contributed by atoms with van der Waals surface area (Å²) in [4.78, 5) is 35.2. The zero-order valence-corrected chi connectivity index (χ0v) is 19.2. The van der Waals surface area contributed by atoms with Gasteiger partial charge in [0.25, 0.3) is 5.91 Å².